The predicted octanol–water partition coefficient (Wildman–Crippen LogP) is 11.8. The number of carbonyl (C=O) groups is 1. The zero-order valence-electron chi connectivity index (χ0n) is 34.8. The number of rotatable bonds is 6. The van der Waals surface area contributed by atoms with Crippen LogP contribution in [0.1, 0.15) is 33.3 Å². The number of ether oxygens (including phenoxy) is 1. The van der Waals surface area contributed by atoms with Crippen molar-refractivity contribution in [1.29, 1.82) is 5.26 Å². The molecule has 2 N–H and O–H groups in total. The van der Waals surface area contributed by atoms with Crippen LogP contribution in [0.3, 0.4) is 0 Å². The first-order chi connectivity index (χ1) is 31.5. The lowest BCUT2D eigenvalue weighted by Gasteiger charge is -2.01. The number of alkyl halides is 1. The maximum atomic E-state index is 10.9. The van der Waals surface area contributed by atoms with Crippen molar-refractivity contribution in [2.75, 3.05) is 13.4 Å². The Balaban J connectivity index is 0.000000762. The Morgan fingerprint density at radius 2 is 1.18 bits per heavy atom. The van der Waals surface area contributed by atoms with Crippen molar-refractivity contribution in [3.05, 3.63) is 200 Å². The van der Waals surface area contributed by atoms with Gasteiger partial charge in [0.05, 0.1) is 56.4 Å². The molecule has 0 radical (unpaired) electrons. The third-order valence-corrected chi connectivity index (χ3v) is 11.8. The van der Waals surface area contributed by atoms with Crippen molar-refractivity contribution in [3.63, 3.8) is 0 Å². The summed E-state index contributed by atoms with van der Waals surface area (Å²) in [5, 5.41) is 25.7. The van der Waals surface area contributed by atoms with E-state index in [-0.39, 0.29) is 25.6 Å². The van der Waals surface area contributed by atoms with Crippen LogP contribution in [0.4, 0.5) is 0 Å². The molecule has 0 aliphatic heterocycles. The molecule has 0 aromatic carbocycles. The number of nitrogens with zero attached hydrogens (tertiary/aromatic N) is 8. The molecule has 15 nitrogen and oxygen atoms in total. The molecule has 0 aliphatic rings. The van der Waals surface area contributed by atoms with Gasteiger partial charge in [-0.1, -0.05) is 0 Å². The Hall–Kier alpha value is -3.38. The highest BCUT2D eigenvalue weighted by atomic mass is 79.9. The summed E-state index contributed by atoms with van der Waals surface area (Å²) in [4.78, 5) is 34.2. The van der Waals surface area contributed by atoms with Crippen molar-refractivity contribution in [1.82, 2.24) is 29.9 Å². The number of esters is 1. The Morgan fingerprint density at radius 1 is 0.701 bits per heavy atom. The van der Waals surface area contributed by atoms with Gasteiger partial charge in [0, 0.05) is 72.1 Å². The van der Waals surface area contributed by atoms with Crippen molar-refractivity contribution >= 4 is 152 Å². The fourth-order valence-electron chi connectivity index (χ4n) is 3.62. The van der Waals surface area contributed by atoms with E-state index in [0.29, 0.717) is 33.1 Å². The molecule has 0 amide bonds. The van der Waals surface area contributed by atoms with Crippen LogP contribution >= 0.6 is 136 Å². The van der Waals surface area contributed by atoms with Gasteiger partial charge in [0.1, 0.15) is 12.7 Å². The van der Waals surface area contributed by atoms with Gasteiger partial charge in [-0.05, 0) is 190 Å². The van der Waals surface area contributed by atoms with E-state index >= 15 is 0 Å². The van der Waals surface area contributed by atoms with Gasteiger partial charge < -0.3 is 9.84 Å². The Kier molecular flexibility index (Phi) is 35.6. The van der Waals surface area contributed by atoms with E-state index in [1.807, 2.05) is 48.5 Å². The first kappa shape index (κ1) is 63.6. The van der Waals surface area contributed by atoms with Gasteiger partial charge in [0.25, 0.3) is 10.1 Å². The number of nitriles is 1. The fraction of sp³-hybridized carbons (Fsp3) is 0.119. The third-order valence-electron chi connectivity index (χ3n) is 6.57. The quantitative estimate of drug-likeness (QED) is 0.0521. The zero-order valence-corrected chi connectivity index (χ0v) is 48.2. The van der Waals surface area contributed by atoms with Gasteiger partial charge in [-0.3, -0.25) is 29.3 Å². The SMILES string of the molecule is Brc1cccnc1.COC(=O)c1ncccc1Br.CS(=O)(=O)OCc1ncccc1Br.Cl.ClCc1ncccc1Br.N#Cc1ncccc1Br.OCc1ncccc1Br.O[n+]1cccc(Br)c1. The number of aromatic nitrogens is 7. The van der Waals surface area contributed by atoms with Crippen LogP contribution in [0.25, 0.3) is 0 Å². The molecule has 25 heteroatoms. The Bertz CT molecular complexity index is 2600. The summed E-state index contributed by atoms with van der Waals surface area (Å²) in [5.74, 6) is 0.0269. The lowest BCUT2D eigenvalue weighted by atomic mass is 10.4. The van der Waals surface area contributed by atoms with Crippen LogP contribution < -0.4 is 4.73 Å². The molecule has 67 heavy (non-hydrogen) atoms. The van der Waals surface area contributed by atoms with E-state index in [2.05, 4.69) is 150 Å². The summed E-state index contributed by atoms with van der Waals surface area (Å²) in [6, 6.07) is 27.3. The second-order valence-corrected chi connectivity index (χ2v) is 19.4. The van der Waals surface area contributed by atoms with E-state index < -0.39 is 16.1 Å². The highest BCUT2D eigenvalue weighted by molar-refractivity contribution is 9.11. The summed E-state index contributed by atoms with van der Waals surface area (Å²) in [7, 11) is -2.08. The molecular formula is C42H38Br7Cl2N8O7S+. The average molecular weight is 1430 g/mol. The number of aliphatic hydroxyl groups is 1. The van der Waals surface area contributed by atoms with Gasteiger partial charge in [0.2, 0.25) is 12.4 Å². The number of hydrogen-bond acceptors (Lipinski definition) is 14. The molecular weight excluding hydrogens is 1390 g/mol. The number of halogens is 9. The molecule has 0 fully saturated rings. The van der Waals surface area contributed by atoms with E-state index in [1.165, 1.54) is 13.3 Å². The minimum atomic E-state index is -3.40. The summed E-state index contributed by atoms with van der Waals surface area (Å²) in [6.45, 7) is -0.0539. The van der Waals surface area contributed by atoms with Crippen LogP contribution in [-0.4, -0.2) is 68.0 Å². The molecule has 0 unspecified atom stereocenters. The van der Waals surface area contributed by atoms with Crippen LogP contribution in [0, 0.1) is 11.3 Å². The molecule has 0 spiro atoms. The van der Waals surface area contributed by atoms with Crippen molar-refractivity contribution in [2.45, 2.75) is 19.1 Å². The number of hydrogen-bond donors (Lipinski definition) is 2. The van der Waals surface area contributed by atoms with E-state index in [0.717, 1.165) is 43.5 Å². The normalized spacial score (nSPS) is 9.46. The highest BCUT2D eigenvalue weighted by Crippen LogP contribution is 2.16. The molecule has 356 valence electrons. The third kappa shape index (κ3) is 30.0. The van der Waals surface area contributed by atoms with Crippen LogP contribution in [0.15, 0.2) is 172 Å². The molecule has 7 heterocycles. The minimum Gasteiger partial charge on any atom is -0.464 e. The first-order valence-electron chi connectivity index (χ1n) is 17.9. The van der Waals surface area contributed by atoms with E-state index in [1.54, 1.807) is 92.0 Å². The number of pyridine rings is 7. The van der Waals surface area contributed by atoms with Crippen LogP contribution in [0.2, 0.25) is 0 Å². The summed E-state index contributed by atoms with van der Waals surface area (Å²) < 4.78 is 37.2. The molecule has 0 atom stereocenters. The highest BCUT2D eigenvalue weighted by Gasteiger charge is 2.10. The maximum Gasteiger partial charge on any atom is 0.357 e. The zero-order chi connectivity index (χ0) is 49.3. The lowest BCUT2D eigenvalue weighted by Crippen LogP contribution is -2.27. The molecule has 7 aromatic heterocycles. The topological polar surface area (TPSA) is 215 Å². The van der Waals surface area contributed by atoms with Gasteiger partial charge in [0.15, 0.2) is 11.4 Å². The second-order valence-electron chi connectivity index (χ2n) is 11.4. The van der Waals surface area contributed by atoms with Crippen molar-refractivity contribution in [2.24, 2.45) is 0 Å². The number of carbonyl (C=O) groups excluding carboxylic acids is 1. The predicted molar refractivity (Wildman–Crippen MR) is 282 cm³/mol. The molecule has 0 aliphatic carbocycles. The van der Waals surface area contributed by atoms with E-state index in [4.69, 9.17) is 27.2 Å². The van der Waals surface area contributed by atoms with Gasteiger partial charge in [-0.15, -0.1) is 24.0 Å². The summed E-state index contributed by atoms with van der Waals surface area (Å²) in [5.41, 5.74) is 2.86. The Labute approximate surface area is 458 Å². The molecule has 7 aromatic rings. The van der Waals surface area contributed by atoms with Gasteiger partial charge in [-0.2, -0.15) is 13.7 Å². The number of methoxy groups -OCH3 is 1. The molecule has 0 saturated heterocycles. The fourth-order valence-corrected chi connectivity index (χ4v) is 6.86. The van der Waals surface area contributed by atoms with Crippen molar-refractivity contribution in [3.8, 4) is 6.07 Å². The van der Waals surface area contributed by atoms with E-state index in [9.17, 15) is 13.2 Å². The first-order valence-corrected chi connectivity index (χ1v) is 25.8. The molecule has 0 bridgehead atoms. The molecule has 7 rings (SSSR count). The second kappa shape index (κ2) is 37.5. The van der Waals surface area contributed by atoms with Crippen LogP contribution in [-0.2, 0) is 38.1 Å². The number of aliphatic hydroxyl groups excluding tert-OH is 1. The largest absolute Gasteiger partial charge is 0.464 e. The Morgan fingerprint density at radius 3 is 1.51 bits per heavy atom. The maximum absolute atomic E-state index is 10.9. The smallest absolute Gasteiger partial charge is 0.357 e. The van der Waals surface area contributed by atoms with Crippen molar-refractivity contribution < 1.29 is 37.2 Å². The summed E-state index contributed by atoms with van der Waals surface area (Å²) in [6.07, 6.45) is 15.7. The molecule has 0 saturated carbocycles. The van der Waals surface area contributed by atoms with Gasteiger partial charge >= 0.3 is 5.97 Å². The summed E-state index contributed by atoms with van der Waals surface area (Å²) >= 11 is 28.1. The standard InChI is InChI=1S/C7H8BrNO3S.C7H6BrNO2.C6H5BrClN.C6H3BrN2.C6H6BrNO.C5H5BrNO.C5H4BrN.ClH/c1-13(10,11)12-5-7-6(8)3-2-4-9-7;1-11-7(10)6-5(8)3-2-4-9-6;2*7-5-2-1-3-9-6(5)4-8;7-5-2-1-3-8-6(5)4-9;6-5-2-1-3-7(8)4-5;6-5-2-1-3-7-4-5;/h2-4H,5H2,1H3;2-4H,1H3;1-3H,4H2;1-3H;1-3,9H,4H2;1-4,8H;1-4H;1H/q;;;;;+1;;. The van der Waals surface area contributed by atoms with Crippen LogP contribution in [0.5, 0.6) is 0 Å². The monoisotopic (exact) mass is 1420 g/mol. The lowest BCUT2D eigenvalue weighted by molar-refractivity contribution is -0.905. The average Bonchev–Trinajstić information content (AvgIpc) is 3.30. The van der Waals surface area contributed by atoms with Gasteiger partial charge in [-0.25, -0.2) is 14.8 Å². The minimum absolute atomic E-state index is 0.